The molecule has 1 aliphatic heterocycles. The van der Waals surface area contributed by atoms with Gasteiger partial charge in [0.1, 0.15) is 11.9 Å². The molecular weight excluding hydrogens is 316 g/mol. The molecule has 2 atom stereocenters. The number of thioether (sulfide) groups is 1. The molecule has 0 aliphatic carbocycles. The first kappa shape index (κ1) is 13.7. The molecule has 2 rings (SSSR count). The van der Waals surface area contributed by atoms with Gasteiger partial charge in [0.2, 0.25) is 0 Å². The maximum absolute atomic E-state index is 10.6. The van der Waals surface area contributed by atoms with Gasteiger partial charge in [0.25, 0.3) is 0 Å². The van der Waals surface area contributed by atoms with E-state index in [-0.39, 0.29) is 17.8 Å². The summed E-state index contributed by atoms with van der Waals surface area (Å²) < 4.78 is 6.90. The fourth-order valence-electron chi connectivity index (χ4n) is 1.96. The number of rotatable bonds is 5. The van der Waals surface area contributed by atoms with Crippen LogP contribution in [0.1, 0.15) is 18.9 Å². The molecule has 1 aliphatic rings. The van der Waals surface area contributed by atoms with Crippen LogP contribution in [0, 0.1) is 0 Å². The van der Waals surface area contributed by atoms with Gasteiger partial charge >= 0.3 is 5.97 Å². The van der Waals surface area contributed by atoms with E-state index >= 15 is 0 Å². The predicted octanol–water partition coefficient (Wildman–Crippen LogP) is 3.35. The lowest BCUT2D eigenvalue weighted by atomic mass is 10.1. The number of ether oxygens (including phenoxy) is 1. The maximum Gasteiger partial charge on any atom is 0.304 e. The average Bonchev–Trinajstić information content (AvgIpc) is 2.67. The Bertz CT molecular complexity index is 450. The third-order valence-electron chi connectivity index (χ3n) is 2.79. The molecule has 18 heavy (non-hydrogen) atoms. The molecule has 1 aromatic rings. The van der Waals surface area contributed by atoms with Crippen LogP contribution in [-0.2, 0) is 11.2 Å². The monoisotopic (exact) mass is 330 g/mol. The van der Waals surface area contributed by atoms with Crippen molar-refractivity contribution in [2.45, 2.75) is 31.1 Å². The lowest BCUT2D eigenvalue weighted by Crippen LogP contribution is -2.18. The van der Waals surface area contributed by atoms with Crippen LogP contribution in [0.2, 0.25) is 0 Å². The molecule has 98 valence electrons. The second-order valence-corrected chi connectivity index (χ2v) is 6.82. The highest BCUT2D eigenvalue weighted by molar-refractivity contribution is 9.10. The number of hydrogen-bond donors (Lipinski definition) is 1. The van der Waals surface area contributed by atoms with E-state index in [9.17, 15) is 4.79 Å². The van der Waals surface area contributed by atoms with E-state index in [4.69, 9.17) is 9.84 Å². The van der Waals surface area contributed by atoms with Gasteiger partial charge in [-0.15, -0.1) is 0 Å². The lowest BCUT2D eigenvalue weighted by Gasteiger charge is -2.13. The Hall–Kier alpha value is -0.680. The summed E-state index contributed by atoms with van der Waals surface area (Å²) in [5, 5.41) is 8.83. The van der Waals surface area contributed by atoms with E-state index in [1.165, 1.54) is 5.56 Å². The SMILES string of the molecule is CC(CC(=O)O)SCC1Cc2cc(Br)ccc2O1. The summed E-state index contributed by atoms with van der Waals surface area (Å²) >= 11 is 5.11. The molecule has 1 heterocycles. The highest BCUT2D eigenvalue weighted by Crippen LogP contribution is 2.32. The summed E-state index contributed by atoms with van der Waals surface area (Å²) in [5.74, 6) is 1.05. The topological polar surface area (TPSA) is 46.5 Å². The molecule has 0 saturated heterocycles. The summed E-state index contributed by atoms with van der Waals surface area (Å²) in [4.78, 5) is 10.6. The summed E-state index contributed by atoms with van der Waals surface area (Å²) in [6.07, 6.45) is 1.27. The van der Waals surface area contributed by atoms with Crippen LogP contribution in [0.4, 0.5) is 0 Å². The summed E-state index contributed by atoms with van der Waals surface area (Å²) in [6.45, 7) is 1.94. The number of fused-ring (bicyclic) bond motifs is 1. The summed E-state index contributed by atoms with van der Waals surface area (Å²) in [5.41, 5.74) is 1.22. The largest absolute Gasteiger partial charge is 0.489 e. The molecule has 1 N–H and O–H groups in total. The van der Waals surface area contributed by atoms with E-state index in [0.29, 0.717) is 0 Å². The van der Waals surface area contributed by atoms with Crippen molar-refractivity contribution in [3.05, 3.63) is 28.2 Å². The predicted molar refractivity (Wildman–Crippen MR) is 76.4 cm³/mol. The van der Waals surface area contributed by atoms with Gasteiger partial charge in [-0.1, -0.05) is 22.9 Å². The number of halogens is 1. The van der Waals surface area contributed by atoms with Gasteiger partial charge in [-0.05, 0) is 23.8 Å². The van der Waals surface area contributed by atoms with Gasteiger partial charge in [0.05, 0.1) is 6.42 Å². The first-order valence-corrected chi connectivity index (χ1v) is 7.67. The second kappa shape index (κ2) is 5.97. The Morgan fingerprint density at radius 1 is 1.67 bits per heavy atom. The molecule has 0 fully saturated rings. The number of carboxylic acids is 1. The quantitative estimate of drug-likeness (QED) is 0.899. The van der Waals surface area contributed by atoms with Crippen LogP contribution in [0.25, 0.3) is 0 Å². The lowest BCUT2D eigenvalue weighted by molar-refractivity contribution is -0.136. The third-order valence-corrected chi connectivity index (χ3v) is 4.59. The molecule has 5 heteroatoms. The van der Waals surface area contributed by atoms with Crippen LogP contribution >= 0.6 is 27.7 Å². The highest BCUT2D eigenvalue weighted by Gasteiger charge is 2.23. The van der Waals surface area contributed by atoms with Gasteiger partial charge in [-0.2, -0.15) is 11.8 Å². The van der Waals surface area contributed by atoms with Gasteiger partial charge in [-0.25, -0.2) is 0 Å². The number of carbonyl (C=O) groups is 1. The molecule has 0 spiro atoms. The molecule has 2 unspecified atom stereocenters. The normalized spacial score (nSPS) is 19.1. The standard InChI is InChI=1S/C13H15BrO3S/c1-8(4-13(15)16)18-7-11-6-9-5-10(14)2-3-12(9)17-11/h2-3,5,8,11H,4,6-7H2,1H3,(H,15,16). The maximum atomic E-state index is 10.6. The number of carboxylic acid groups (broad SMARTS) is 1. The Morgan fingerprint density at radius 3 is 3.17 bits per heavy atom. The Morgan fingerprint density at radius 2 is 2.44 bits per heavy atom. The van der Waals surface area contributed by atoms with Crippen molar-refractivity contribution in [2.24, 2.45) is 0 Å². The first-order chi connectivity index (χ1) is 8.54. The van der Waals surface area contributed by atoms with Crippen LogP contribution in [0.15, 0.2) is 22.7 Å². The van der Waals surface area contributed by atoms with Crippen molar-refractivity contribution in [1.82, 2.24) is 0 Å². The Kier molecular flexibility index (Phi) is 4.56. The van der Waals surface area contributed by atoms with Crippen molar-refractivity contribution in [2.75, 3.05) is 5.75 Å². The molecule has 3 nitrogen and oxygen atoms in total. The van der Waals surface area contributed by atoms with Crippen molar-refractivity contribution >= 4 is 33.7 Å². The molecule has 0 amide bonds. The van der Waals surface area contributed by atoms with Crippen LogP contribution in [0.5, 0.6) is 5.75 Å². The smallest absolute Gasteiger partial charge is 0.304 e. The number of hydrogen-bond acceptors (Lipinski definition) is 3. The van der Waals surface area contributed by atoms with E-state index in [1.54, 1.807) is 11.8 Å². The fraction of sp³-hybridized carbons (Fsp3) is 0.462. The van der Waals surface area contributed by atoms with Crippen molar-refractivity contribution < 1.29 is 14.6 Å². The molecule has 0 radical (unpaired) electrons. The van der Waals surface area contributed by atoms with E-state index < -0.39 is 5.97 Å². The van der Waals surface area contributed by atoms with Gasteiger partial charge in [0, 0.05) is 21.9 Å². The van der Waals surface area contributed by atoms with Gasteiger partial charge in [0.15, 0.2) is 0 Å². The van der Waals surface area contributed by atoms with Crippen molar-refractivity contribution in [3.8, 4) is 5.75 Å². The first-order valence-electron chi connectivity index (χ1n) is 5.83. The van der Waals surface area contributed by atoms with Crippen molar-refractivity contribution in [1.29, 1.82) is 0 Å². The summed E-state index contributed by atoms with van der Waals surface area (Å²) in [6, 6.07) is 6.03. The highest BCUT2D eigenvalue weighted by atomic mass is 79.9. The minimum atomic E-state index is -0.741. The minimum absolute atomic E-state index is 0.126. The molecule has 0 aromatic heterocycles. The van der Waals surface area contributed by atoms with E-state index in [1.807, 2.05) is 19.1 Å². The van der Waals surface area contributed by atoms with E-state index in [2.05, 4.69) is 22.0 Å². The van der Waals surface area contributed by atoms with Crippen LogP contribution in [0.3, 0.4) is 0 Å². The van der Waals surface area contributed by atoms with Crippen LogP contribution < -0.4 is 4.74 Å². The zero-order valence-electron chi connectivity index (χ0n) is 10.1. The van der Waals surface area contributed by atoms with Gasteiger partial charge < -0.3 is 9.84 Å². The molecule has 0 bridgehead atoms. The molecular formula is C13H15BrO3S. The third kappa shape index (κ3) is 3.65. The van der Waals surface area contributed by atoms with Crippen LogP contribution in [-0.4, -0.2) is 28.2 Å². The fourth-order valence-corrected chi connectivity index (χ4v) is 3.36. The molecule has 0 saturated carbocycles. The zero-order chi connectivity index (χ0) is 13.1. The van der Waals surface area contributed by atoms with E-state index in [0.717, 1.165) is 22.4 Å². The zero-order valence-corrected chi connectivity index (χ0v) is 12.5. The second-order valence-electron chi connectivity index (χ2n) is 4.44. The number of aliphatic carboxylic acids is 1. The average molecular weight is 331 g/mol. The van der Waals surface area contributed by atoms with Crippen molar-refractivity contribution in [3.63, 3.8) is 0 Å². The Balaban J connectivity index is 1.83. The van der Waals surface area contributed by atoms with Gasteiger partial charge in [-0.3, -0.25) is 4.79 Å². The molecule has 1 aromatic carbocycles. The minimum Gasteiger partial charge on any atom is -0.489 e. The summed E-state index contributed by atoms with van der Waals surface area (Å²) in [7, 11) is 0. The number of benzene rings is 1. The Labute approximate surface area is 119 Å².